The second-order valence-corrected chi connectivity index (χ2v) is 6.35. The lowest BCUT2D eigenvalue weighted by Crippen LogP contribution is -2.17. The minimum absolute atomic E-state index is 0.148. The molecule has 3 aromatic rings. The molecule has 21 heavy (non-hydrogen) atoms. The van der Waals surface area contributed by atoms with Crippen molar-refractivity contribution < 1.29 is 4.74 Å². The van der Waals surface area contributed by atoms with E-state index >= 15 is 0 Å². The van der Waals surface area contributed by atoms with Gasteiger partial charge in [-0.25, -0.2) is 4.98 Å². The van der Waals surface area contributed by atoms with E-state index in [-0.39, 0.29) is 6.04 Å². The molecule has 1 atom stereocenters. The fourth-order valence-corrected chi connectivity index (χ4v) is 3.63. The van der Waals surface area contributed by atoms with Crippen LogP contribution in [0.1, 0.15) is 35.7 Å². The minimum atomic E-state index is 0.148. The second kappa shape index (κ2) is 5.16. The average Bonchev–Trinajstić information content (AvgIpc) is 3.07. The zero-order chi connectivity index (χ0) is 14.2. The SMILES string of the molecule is N[C@H]1CCCc2ccc(OCc3cn4ccsc4n3)cc21. The number of thiazole rings is 1. The molecule has 1 aromatic carbocycles. The molecule has 0 bridgehead atoms. The Kier molecular flexibility index (Phi) is 3.16. The van der Waals surface area contributed by atoms with Gasteiger partial charge in [0.05, 0.1) is 5.69 Å². The average molecular weight is 299 g/mol. The largest absolute Gasteiger partial charge is 0.487 e. The van der Waals surface area contributed by atoms with Crippen LogP contribution in [0.5, 0.6) is 5.75 Å². The van der Waals surface area contributed by atoms with E-state index in [9.17, 15) is 0 Å². The Labute approximate surface area is 127 Å². The van der Waals surface area contributed by atoms with E-state index in [1.807, 2.05) is 28.2 Å². The Balaban J connectivity index is 1.52. The Morgan fingerprint density at radius 2 is 2.38 bits per heavy atom. The number of fused-ring (bicyclic) bond motifs is 2. The number of aryl methyl sites for hydroxylation is 1. The molecule has 0 saturated carbocycles. The van der Waals surface area contributed by atoms with E-state index in [0.29, 0.717) is 6.61 Å². The van der Waals surface area contributed by atoms with Crippen molar-refractivity contribution >= 4 is 16.3 Å². The quantitative estimate of drug-likeness (QED) is 0.807. The number of nitrogens with two attached hydrogens (primary N) is 1. The molecule has 1 aliphatic carbocycles. The van der Waals surface area contributed by atoms with Crippen LogP contribution in [0, 0.1) is 0 Å². The van der Waals surface area contributed by atoms with E-state index < -0.39 is 0 Å². The summed E-state index contributed by atoms with van der Waals surface area (Å²) in [6, 6.07) is 6.43. The summed E-state index contributed by atoms with van der Waals surface area (Å²) >= 11 is 1.63. The van der Waals surface area contributed by atoms with E-state index in [1.165, 1.54) is 17.5 Å². The number of hydrogen-bond acceptors (Lipinski definition) is 4. The zero-order valence-corrected chi connectivity index (χ0v) is 12.5. The molecule has 0 spiro atoms. The number of benzene rings is 1. The van der Waals surface area contributed by atoms with Crippen LogP contribution in [0.15, 0.2) is 36.0 Å². The first-order chi connectivity index (χ1) is 10.3. The van der Waals surface area contributed by atoms with Gasteiger partial charge in [-0.3, -0.25) is 4.40 Å². The third-order valence-electron chi connectivity index (χ3n) is 4.01. The Bertz CT molecular complexity index is 748. The van der Waals surface area contributed by atoms with Crippen LogP contribution < -0.4 is 10.5 Å². The number of imidazole rings is 1. The smallest absolute Gasteiger partial charge is 0.193 e. The maximum absolute atomic E-state index is 6.19. The van der Waals surface area contributed by atoms with Crippen molar-refractivity contribution in [1.82, 2.24) is 9.38 Å². The summed E-state index contributed by atoms with van der Waals surface area (Å²) in [4.78, 5) is 5.52. The molecular formula is C16H17N3OS. The molecular weight excluding hydrogens is 282 g/mol. The van der Waals surface area contributed by atoms with Crippen molar-refractivity contribution in [2.24, 2.45) is 5.73 Å². The Morgan fingerprint density at radius 1 is 1.43 bits per heavy atom. The van der Waals surface area contributed by atoms with Crippen LogP contribution in [0.2, 0.25) is 0 Å². The van der Waals surface area contributed by atoms with Crippen molar-refractivity contribution in [3.8, 4) is 5.75 Å². The topological polar surface area (TPSA) is 52.5 Å². The van der Waals surface area contributed by atoms with Crippen molar-refractivity contribution in [3.05, 3.63) is 52.8 Å². The van der Waals surface area contributed by atoms with Crippen LogP contribution in [0.25, 0.3) is 4.96 Å². The fraction of sp³-hybridized carbons (Fsp3) is 0.312. The molecule has 108 valence electrons. The van der Waals surface area contributed by atoms with Crippen LogP contribution in [0.4, 0.5) is 0 Å². The molecule has 1 aliphatic rings. The van der Waals surface area contributed by atoms with Gasteiger partial charge in [0.1, 0.15) is 12.4 Å². The standard InChI is InChI=1S/C16H17N3OS/c17-15-3-1-2-11-4-5-13(8-14(11)15)20-10-12-9-19-6-7-21-16(19)18-12/h4-9,15H,1-3,10,17H2/t15-/m0/s1. The molecule has 0 amide bonds. The van der Waals surface area contributed by atoms with Crippen LogP contribution in [-0.2, 0) is 13.0 Å². The normalized spacial score (nSPS) is 17.9. The van der Waals surface area contributed by atoms with Gasteiger partial charge in [-0.2, -0.15) is 0 Å². The third kappa shape index (κ3) is 2.43. The summed E-state index contributed by atoms with van der Waals surface area (Å²) in [6.07, 6.45) is 7.39. The molecule has 4 rings (SSSR count). The molecule has 0 unspecified atom stereocenters. The highest BCUT2D eigenvalue weighted by molar-refractivity contribution is 7.15. The van der Waals surface area contributed by atoms with Gasteiger partial charge in [0.25, 0.3) is 0 Å². The lowest BCUT2D eigenvalue weighted by molar-refractivity contribution is 0.301. The van der Waals surface area contributed by atoms with Crippen molar-refractivity contribution in [3.63, 3.8) is 0 Å². The molecule has 2 heterocycles. The van der Waals surface area contributed by atoms with E-state index in [4.69, 9.17) is 10.5 Å². The summed E-state index contributed by atoms with van der Waals surface area (Å²) in [5.74, 6) is 0.877. The van der Waals surface area contributed by atoms with Gasteiger partial charge in [0, 0.05) is 23.8 Å². The van der Waals surface area contributed by atoms with Crippen LogP contribution in [-0.4, -0.2) is 9.38 Å². The van der Waals surface area contributed by atoms with Gasteiger partial charge < -0.3 is 10.5 Å². The molecule has 2 aromatic heterocycles. The molecule has 2 N–H and O–H groups in total. The Morgan fingerprint density at radius 3 is 3.29 bits per heavy atom. The highest BCUT2D eigenvalue weighted by Crippen LogP contribution is 2.31. The minimum Gasteiger partial charge on any atom is -0.487 e. The highest BCUT2D eigenvalue weighted by Gasteiger charge is 2.17. The van der Waals surface area contributed by atoms with Crippen LogP contribution in [0.3, 0.4) is 0 Å². The fourth-order valence-electron chi connectivity index (χ4n) is 2.91. The zero-order valence-electron chi connectivity index (χ0n) is 11.7. The van der Waals surface area contributed by atoms with Gasteiger partial charge in [-0.05, 0) is 42.5 Å². The number of rotatable bonds is 3. The predicted octanol–water partition coefficient (Wildman–Crippen LogP) is 3.31. The summed E-state index contributed by atoms with van der Waals surface area (Å²) < 4.78 is 7.90. The maximum atomic E-state index is 6.19. The first-order valence-corrected chi connectivity index (χ1v) is 8.10. The monoisotopic (exact) mass is 299 g/mol. The number of ether oxygens (including phenoxy) is 1. The Hall–Kier alpha value is -1.85. The first kappa shape index (κ1) is 12.9. The van der Waals surface area contributed by atoms with Gasteiger partial charge in [0.2, 0.25) is 0 Å². The predicted molar refractivity (Wildman–Crippen MR) is 83.7 cm³/mol. The third-order valence-corrected chi connectivity index (χ3v) is 4.78. The van der Waals surface area contributed by atoms with Gasteiger partial charge in [-0.1, -0.05) is 6.07 Å². The summed E-state index contributed by atoms with van der Waals surface area (Å²) in [5, 5.41) is 2.03. The van der Waals surface area contributed by atoms with Gasteiger partial charge >= 0.3 is 0 Å². The maximum Gasteiger partial charge on any atom is 0.193 e. The van der Waals surface area contributed by atoms with Crippen molar-refractivity contribution in [1.29, 1.82) is 0 Å². The molecule has 5 heteroatoms. The van der Waals surface area contributed by atoms with E-state index in [2.05, 4.69) is 17.1 Å². The van der Waals surface area contributed by atoms with E-state index in [1.54, 1.807) is 11.3 Å². The van der Waals surface area contributed by atoms with Crippen molar-refractivity contribution in [2.75, 3.05) is 0 Å². The molecule has 4 nitrogen and oxygen atoms in total. The summed E-state index contributed by atoms with van der Waals surface area (Å²) in [7, 11) is 0. The van der Waals surface area contributed by atoms with Crippen molar-refractivity contribution in [2.45, 2.75) is 31.9 Å². The van der Waals surface area contributed by atoms with E-state index in [0.717, 1.165) is 29.2 Å². The molecule has 0 aliphatic heterocycles. The first-order valence-electron chi connectivity index (χ1n) is 7.22. The van der Waals surface area contributed by atoms with Gasteiger partial charge in [-0.15, -0.1) is 11.3 Å². The molecule has 0 saturated heterocycles. The summed E-state index contributed by atoms with van der Waals surface area (Å²) in [6.45, 7) is 0.489. The van der Waals surface area contributed by atoms with Crippen LogP contribution >= 0.6 is 11.3 Å². The second-order valence-electron chi connectivity index (χ2n) is 5.47. The highest BCUT2D eigenvalue weighted by atomic mass is 32.1. The lowest BCUT2D eigenvalue weighted by atomic mass is 9.88. The lowest BCUT2D eigenvalue weighted by Gasteiger charge is -2.22. The number of nitrogens with zero attached hydrogens (tertiary/aromatic N) is 2. The van der Waals surface area contributed by atoms with Gasteiger partial charge in [0.15, 0.2) is 4.96 Å². The number of hydrogen-bond donors (Lipinski definition) is 1. The number of aromatic nitrogens is 2. The molecule has 0 radical (unpaired) electrons. The summed E-state index contributed by atoms with van der Waals surface area (Å²) in [5.41, 5.74) is 9.74. The molecule has 0 fully saturated rings.